The quantitative estimate of drug-likeness (QED) is 0.741. The van der Waals surface area contributed by atoms with Gasteiger partial charge in [-0.1, -0.05) is 25.5 Å². The van der Waals surface area contributed by atoms with Crippen LogP contribution >= 0.6 is 0 Å². The largest absolute Gasteiger partial charge is 0.492 e. The maximum atomic E-state index is 13.9. The van der Waals surface area contributed by atoms with Crippen LogP contribution < -0.4 is 15.0 Å². The molecule has 0 aliphatic carbocycles. The molecule has 0 amide bonds. The Bertz CT molecular complexity index is 672. The summed E-state index contributed by atoms with van der Waals surface area (Å²) in [4.78, 5) is 10.3. The first-order valence-corrected chi connectivity index (χ1v) is 8.99. The summed E-state index contributed by atoms with van der Waals surface area (Å²) in [5.41, 5.74) is 1.32. The van der Waals surface area contributed by atoms with Crippen molar-refractivity contribution in [2.75, 3.05) is 36.5 Å². The second-order valence-corrected chi connectivity index (χ2v) is 6.23. The van der Waals surface area contributed by atoms with E-state index in [-0.39, 0.29) is 5.82 Å². The van der Waals surface area contributed by atoms with Gasteiger partial charge in [-0.3, -0.25) is 0 Å². The van der Waals surface area contributed by atoms with E-state index < -0.39 is 0 Å². The number of aryl methyl sites for hydroxylation is 1. The molecule has 0 spiro atoms. The minimum absolute atomic E-state index is 0.365. The highest BCUT2D eigenvalue weighted by molar-refractivity contribution is 5.44. The molecule has 5 nitrogen and oxygen atoms in total. The van der Waals surface area contributed by atoms with Gasteiger partial charge in [0.2, 0.25) is 5.95 Å². The molecule has 6 heteroatoms. The lowest BCUT2D eigenvalue weighted by Crippen LogP contribution is -2.22. The van der Waals surface area contributed by atoms with Crippen LogP contribution in [0, 0.1) is 5.82 Å². The van der Waals surface area contributed by atoms with Crippen molar-refractivity contribution in [1.82, 2.24) is 9.97 Å². The van der Waals surface area contributed by atoms with Gasteiger partial charge in [-0.15, -0.1) is 0 Å². The number of aromatic nitrogens is 2. The van der Waals surface area contributed by atoms with Gasteiger partial charge in [0.25, 0.3) is 0 Å². The Labute approximate surface area is 148 Å². The molecule has 2 heterocycles. The van der Waals surface area contributed by atoms with E-state index in [1.54, 1.807) is 0 Å². The standard InChI is InChI=1S/C19H25FN4O/c1-2-5-15-6-8-16(9-7-15)25-13-10-21-19-22-14-17(20)18(23-19)24-11-3-4-12-24/h6-9,14H,2-5,10-13H2,1H3,(H,21,22,23). The van der Waals surface area contributed by atoms with Crippen molar-refractivity contribution in [3.05, 3.63) is 41.8 Å². The third kappa shape index (κ3) is 4.81. The normalized spacial score (nSPS) is 13.9. The molecular formula is C19H25FN4O. The van der Waals surface area contributed by atoms with Crippen molar-refractivity contribution in [3.63, 3.8) is 0 Å². The first-order chi connectivity index (χ1) is 12.3. The van der Waals surface area contributed by atoms with Gasteiger partial charge >= 0.3 is 0 Å². The Balaban J connectivity index is 1.48. The van der Waals surface area contributed by atoms with Gasteiger partial charge in [-0.25, -0.2) is 9.37 Å². The molecule has 1 aromatic carbocycles. The lowest BCUT2D eigenvalue weighted by molar-refractivity contribution is 0.332. The zero-order valence-corrected chi connectivity index (χ0v) is 14.7. The summed E-state index contributed by atoms with van der Waals surface area (Å²) < 4.78 is 19.6. The molecule has 1 saturated heterocycles. The number of rotatable bonds is 8. The number of hydrogen-bond acceptors (Lipinski definition) is 5. The maximum Gasteiger partial charge on any atom is 0.224 e. The molecule has 1 aliphatic heterocycles. The summed E-state index contributed by atoms with van der Waals surface area (Å²) >= 11 is 0. The molecule has 0 atom stereocenters. The fraction of sp³-hybridized carbons (Fsp3) is 0.474. The monoisotopic (exact) mass is 344 g/mol. The number of anilines is 2. The predicted molar refractivity (Wildman–Crippen MR) is 97.9 cm³/mol. The summed E-state index contributed by atoms with van der Waals surface area (Å²) in [5.74, 6) is 1.31. The second kappa shape index (κ2) is 8.65. The number of nitrogens with zero attached hydrogens (tertiary/aromatic N) is 3. The van der Waals surface area contributed by atoms with Gasteiger partial charge < -0.3 is 15.0 Å². The summed E-state index contributed by atoms with van der Waals surface area (Å²) in [7, 11) is 0. The minimum Gasteiger partial charge on any atom is -0.492 e. The van der Waals surface area contributed by atoms with Gasteiger partial charge in [0.1, 0.15) is 12.4 Å². The van der Waals surface area contributed by atoms with E-state index in [1.165, 1.54) is 11.8 Å². The van der Waals surface area contributed by atoms with Gasteiger partial charge in [0.05, 0.1) is 12.7 Å². The molecule has 0 saturated carbocycles. The van der Waals surface area contributed by atoms with Crippen molar-refractivity contribution in [1.29, 1.82) is 0 Å². The smallest absolute Gasteiger partial charge is 0.224 e. The van der Waals surface area contributed by atoms with E-state index in [0.29, 0.717) is 24.9 Å². The van der Waals surface area contributed by atoms with Gasteiger partial charge in [-0.05, 0) is 37.0 Å². The number of ether oxygens (including phenoxy) is 1. The van der Waals surface area contributed by atoms with Crippen LogP contribution in [0.1, 0.15) is 31.7 Å². The molecule has 134 valence electrons. The fourth-order valence-electron chi connectivity index (χ4n) is 2.97. The lowest BCUT2D eigenvalue weighted by atomic mass is 10.1. The van der Waals surface area contributed by atoms with Gasteiger partial charge in [-0.2, -0.15) is 4.98 Å². The van der Waals surface area contributed by atoms with Crippen molar-refractivity contribution < 1.29 is 9.13 Å². The summed E-state index contributed by atoms with van der Waals surface area (Å²) in [6.45, 7) is 4.92. The molecule has 0 bridgehead atoms. The van der Waals surface area contributed by atoms with Gasteiger partial charge in [0, 0.05) is 13.1 Å². The van der Waals surface area contributed by atoms with E-state index in [2.05, 4.69) is 34.3 Å². The SMILES string of the molecule is CCCc1ccc(OCCNc2ncc(F)c(N3CCCC3)n2)cc1. The van der Waals surface area contributed by atoms with Crippen molar-refractivity contribution >= 4 is 11.8 Å². The van der Waals surface area contributed by atoms with E-state index in [9.17, 15) is 4.39 Å². The molecular weight excluding hydrogens is 319 g/mol. The average molecular weight is 344 g/mol. The maximum absolute atomic E-state index is 13.9. The Kier molecular flexibility index (Phi) is 6.04. The molecule has 0 unspecified atom stereocenters. The lowest BCUT2D eigenvalue weighted by Gasteiger charge is -2.17. The highest BCUT2D eigenvalue weighted by atomic mass is 19.1. The van der Waals surface area contributed by atoms with E-state index in [4.69, 9.17) is 4.74 Å². The molecule has 3 rings (SSSR count). The Hall–Kier alpha value is -2.37. The second-order valence-electron chi connectivity index (χ2n) is 6.23. The Morgan fingerprint density at radius 3 is 2.68 bits per heavy atom. The van der Waals surface area contributed by atoms with Gasteiger partial charge in [0.15, 0.2) is 11.6 Å². The predicted octanol–water partition coefficient (Wildman–Crippen LogP) is 3.66. The van der Waals surface area contributed by atoms with Crippen LogP contribution in [0.2, 0.25) is 0 Å². The highest BCUT2D eigenvalue weighted by Crippen LogP contribution is 2.21. The third-order valence-corrected chi connectivity index (χ3v) is 4.25. The first-order valence-electron chi connectivity index (χ1n) is 8.99. The first kappa shape index (κ1) is 17.5. The van der Waals surface area contributed by atoms with E-state index in [0.717, 1.165) is 44.5 Å². The zero-order chi connectivity index (χ0) is 17.5. The summed E-state index contributed by atoms with van der Waals surface area (Å²) in [6, 6.07) is 8.17. The van der Waals surface area contributed by atoms with Crippen LogP contribution in [0.15, 0.2) is 30.5 Å². The zero-order valence-electron chi connectivity index (χ0n) is 14.7. The highest BCUT2D eigenvalue weighted by Gasteiger charge is 2.18. The Morgan fingerprint density at radius 1 is 1.20 bits per heavy atom. The number of nitrogens with one attached hydrogen (secondary N) is 1. The molecule has 0 radical (unpaired) electrons. The molecule has 1 aromatic heterocycles. The molecule has 1 fully saturated rings. The fourth-order valence-corrected chi connectivity index (χ4v) is 2.97. The van der Waals surface area contributed by atoms with Crippen LogP contribution in [0.25, 0.3) is 0 Å². The van der Waals surface area contributed by atoms with Crippen molar-refractivity contribution in [3.8, 4) is 5.75 Å². The summed E-state index contributed by atoms with van der Waals surface area (Å²) in [6.07, 6.45) is 5.62. The molecule has 1 N–H and O–H groups in total. The van der Waals surface area contributed by atoms with Crippen LogP contribution in [0.3, 0.4) is 0 Å². The minimum atomic E-state index is -0.365. The molecule has 1 aliphatic rings. The van der Waals surface area contributed by atoms with E-state index in [1.807, 2.05) is 17.0 Å². The van der Waals surface area contributed by atoms with Crippen molar-refractivity contribution in [2.45, 2.75) is 32.6 Å². The van der Waals surface area contributed by atoms with Crippen LogP contribution in [0.5, 0.6) is 5.75 Å². The van der Waals surface area contributed by atoms with Crippen molar-refractivity contribution in [2.24, 2.45) is 0 Å². The average Bonchev–Trinajstić information content (AvgIpc) is 3.16. The van der Waals surface area contributed by atoms with Crippen LogP contribution in [-0.4, -0.2) is 36.2 Å². The van der Waals surface area contributed by atoms with Crippen LogP contribution in [-0.2, 0) is 6.42 Å². The summed E-state index contributed by atoms with van der Waals surface area (Å²) in [5, 5.41) is 3.10. The molecule has 2 aromatic rings. The number of benzene rings is 1. The number of halogens is 1. The topological polar surface area (TPSA) is 50.3 Å². The van der Waals surface area contributed by atoms with Crippen LogP contribution in [0.4, 0.5) is 16.2 Å². The Morgan fingerprint density at radius 2 is 1.96 bits per heavy atom. The van der Waals surface area contributed by atoms with E-state index >= 15 is 0 Å². The number of hydrogen-bond donors (Lipinski definition) is 1. The molecule has 25 heavy (non-hydrogen) atoms. The third-order valence-electron chi connectivity index (χ3n) is 4.25.